The molecule has 2 amide bonds. The molecule has 31 heavy (non-hydrogen) atoms. The van der Waals surface area contributed by atoms with E-state index in [1.807, 2.05) is 42.1 Å². The SMILES string of the molecule is CN(C)c1cccc(NC(=O)c2c3c(c[nH]c2=O)CN(C(=O)CC2CCCC2)CC3)c1. The van der Waals surface area contributed by atoms with Crippen LogP contribution in [0, 0.1) is 5.92 Å². The number of nitrogens with one attached hydrogen (secondary N) is 2. The van der Waals surface area contributed by atoms with E-state index in [1.165, 1.54) is 12.8 Å². The Morgan fingerprint density at radius 1 is 1.23 bits per heavy atom. The van der Waals surface area contributed by atoms with E-state index < -0.39 is 11.5 Å². The van der Waals surface area contributed by atoms with Crippen molar-refractivity contribution in [3.8, 4) is 0 Å². The molecule has 2 aliphatic rings. The van der Waals surface area contributed by atoms with Crippen LogP contribution in [0.25, 0.3) is 0 Å². The lowest BCUT2D eigenvalue weighted by molar-refractivity contribution is -0.133. The van der Waals surface area contributed by atoms with Crippen LogP contribution in [0.15, 0.2) is 35.3 Å². The van der Waals surface area contributed by atoms with E-state index in [0.29, 0.717) is 37.5 Å². The smallest absolute Gasteiger partial charge is 0.261 e. The molecule has 2 heterocycles. The third kappa shape index (κ3) is 4.65. The summed E-state index contributed by atoms with van der Waals surface area (Å²) < 4.78 is 0. The van der Waals surface area contributed by atoms with Crippen LogP contribution < -0.4 is 15.8 Å². The fourth-order valence-corrected chi connectivity index (χ4v) is 4.67. The largest absolute Gasteiger partial charge is 0.378 e. The van der Waals surface area contributed by atoms with E-state index in [9.17, 15) is 14.4 Å². The highest BCUT2D eigenvalue weighted by molar-refractivity contribution is 6.05. The number of anilines is 2. The van der Waals surface area contributed by atoms with Crippen molar-refractivity contribution >= 4 is 23.2 Å². The maximum Gasteiger partial charge on any atom is 0.261 e. The average Bonchev–Trinajstić information content (AvgIpc) is 3.26. The van der Waals surface area contributed by atoms with Gasteiger partial charge in [-0.3, -0.25) is 14.4 Å². The number of H-pyrrole nitrogens is 1. The first-order valence-electron chi connectivity index (χ1n) is 11.0. The first kappa shape index (κ1) is 21.2. The van der Waals surface area contributed by atoms with Crippen LogP contribution >= 0.6 is 0 Å². The molecule has 1 aromatic carbocycles. The summed E-state index contributed by atoms with van der Waals surface area (Å²) >= 11 is 0. The zero-order valence-electron chi connectivity index (χ0n) is 18.2. The molecule has 0 unspecified atom stereocenters. The lowest BCUT2D eigenvalue weighted by Gasteiger charge is -2.30. The molecule has 1 aliphatic heterocycles. The summed E-state index contributed by atoms with van der Waals surface area (Å²) in [7, 11) is 3.86. The van der Waals surface area contributed by atoms with Crippen molar-refractivity contribution in [2.75, 3.05) is 30.9 Å². The van der Waals surface area contributed by atoms with Gasteiger partial charge in [-0.05, 0) is 54.5 Å². The molecule has 0 saturated heterocycles. The van der Waals surface area contributed by atoms with E-state index >= 15 is 0 Å². The van der Waals surface area contributed by atoms with Gasteiger partial charge in [-0.2, -0.15) is 0 Å². The summed E-state index contributed by atoms with van der Waals surface area (Å²) in [6, 6.07) is 7.48. The van der Waals surface area contributed by atoms with Crippen molar-refractivity contribution < 1.29 is 9.59 Å². The zero-order valence-corrected chi connectivity index (χ0v) is 18.2. The van der Waals surface area contributed by atoms with Gasteiger partial charge in [-0.25, -0.2) is 0 Å². The molecule has 0 spiro atoms. The molecule has 4 rings (SSSR count). The molecule has 164 valence electrons. The number of fused-ring (bicyclic) bond motifs is 1. The molecular formula is C24H30N4O3. The number of benzene rings is 1. The molecular weight excluding hydrogens is 392 g/mol. The zero-order chi connectivity index (χ0) is 22.0. The molecule has 0 radical (unpaired) electrons. The van der Waals surface area contributed by atoms with Gasteiger partial charge in [0.2, 0.25) is 5.91 Å². The molecule has 0 atom stereocenters. The van der Waals surface area contributed by atoms with Gasteiger partial charge in [-0.1, -0.05) is 18.9 Å². The van der Waals surface area contributed by atoms with Crippen LogP contribution in [0.5, 0.6) is 0 Å². The van der Waals surface area contributed by atoms with Crippen molar-refractivity contribution in [1.82, 2.24) is 9.88 Å². The van der Waals surface area contributed by atoms with Gasteiger partial charge in [0.05, 0.1) is 0 Å². The second kappa shape index (κ2) is 8.96. The lowest BCUT2D eigenvalue weighted by Crippen LogP contribution is -2.39. The van der Waals surface area contributed by atoms with Crippen LogP contribution in [-0.4, -0.2) is 42.3 Å². The summed E-state index contributed by atoms with van der Waals surface area (Å²) in [5.74, 6) is 0.263. The van der Waals surface area contributed by atoms with E-state index in [4.69, 9.17) is 0 Å². The number of pyridine rings is 1. The van der Waals surface area contributed by atoms with Crippen molar-refractivity contribution in [2.24, 2.45) is 5.92 Å². The predicted molar refractivity (Wildman–Crippen MR) is 121 cm³/mol. The van der Waals surface area contributed by atoms with E-state index in [0.717, 1.165) is 29.7 Å². The van der Waals surface area contributed by atoms with E-state index in [2.05, 4.69) is 10.3 Å². The van der Waals surface area contributed by atoms with Crippen molar-refractivity contribution in [3.05, 3.63) is 57.5 Å². The second-order valence-corrected chi connectivity index (χ2v) is 8.82. The number of carbonyl (C=O) groups is 2. The first-order valence-corrected chi connectivity index (χ1v) is 11.0. The van der Waals surface area contributed by atoms with Gasteiger partial charge in [0.25, 0.3) is 11.5 Å². The molecule has 1 saturated carbocycles. The van der Waals surface area contributed by atoms with Crippen molar-refractivity contribution in [2.45, 2.75) is 45.1 Å². The predicted octanol–water partition coefficient (Wildman–Crippen LogP) is 3.16. The quantitative estimate of drug-likeness (QED) is 0.775. The van der Waals surface area contributed by atoms with Crippen LogP contribution in [0.4, 0.5) is 11.4 Å². The molecule has 1 aromatic heterocycles. The Bertz CT molecular complexity index is 1040. The van der Waals surface area contributed by atoms with E-state index in [1.54, 1.807) is 12.3 Å². The number of hydrogen-bond acceptors (Lipinski definition) is 4. The monoisotopic (exact) mass is 422 g/mol. The first-order chi connectivity index (χ1) is 14.9. The Balaban J connectivity index is 1.51. The van der Waals surface area contributed by atoms with Crippen molar-refractivity contribution in [1.29, 1.82) is 0 Å². The van der Waals surface area contributed by atoms with E-state index in [-0.39, 0.29) is 11.5 Å². The molecule has 1 aliphatic carbocycles. The summed E-state index contributed by atoms with van der Waals surface area (Å²) in [5.41, 5.74) is 2.93. The standard InChI is InChI=1S/C24H30N4O3/c1-27(2)19-9-5-8-18(13-19)26-24(31)22-20-10-11-28(15-17(20)14-25-23(22)30)21(29)12-16-6-3-4-7-16/h5,8-9,13-14,16H,3-4,6-7,10-12,15H2,1-2H3,(H,25,30)(H,26,31). The molecule has 2 aromatic rings. The molecule has 1 fully saturated rings. The number of nitrogens with zero attached hydrogens (tertiary/aromatic N) is 2. The van der Waals surface area contributed by atoms with Gasteiger partial charge in [0.15, 0.2) is 0 Å². The molecule has 7 heteroatoms. The Morgan fingerprint density at radius 3 is 2.74 bits per heavy atom. The maximum atomic E-state index is 13.0. The minimum Gasteiger partial charge on any atom is -0.378 e. The molecule has 7 nitrogen and oxygen atoms in total. The normalized spacial score (nSPS) is 16.1. The Hall–Kier alpha value is -3.09. The fourth-order valence-electron chi connectivity index (χ4n) is 4.67. The van der Waals surface area contributed by atoms with Crippen molar-refractivity contribution in [3.63, 3.8) is 0 Å². The number of aromatic amines is 1. The summed E-state index contributed by atoms with van der Waals surface area (Å²) in [6.45, 7) is 0.979. The number of hydrogen-bond donors (Lipinski definition) is 2. The van der Waals surface area contributed by atoms with Gasteiger partial charge in [-0.15, -0.1) is 0 Å². The number of amides is 2. The highest BCUT2D eigenvalue weighted by Crippen LogP contribution is 2.29. The molecule has 0 bridgehead atoms. The number of rotatable bonds is 5. The molecule has 2 N–H and O–H groups in total. The lowest BCUT2D eigenvalue weighted by atomic mass is 9.95. The highest BCUT2D eigenvalue weighted by atomic mass is 16.2. The topological polar surface area (TPSA) is 85.5 Å². The third-order valence-electron chi connectivity index (χ3n) is 6.43. The highest BCUT2D eigenvalue weighted by Gasteiger charge is 2.28. The maximum absolute atomic E-state index is 13.0. The van der Waals surface area contributed by atoms with Crippen LogP contribution in [0.2, 0.25) is 0 Å². The minimum absolute atomic E-state index is 0.149. The average molecular weight is 423 g/mol. The Labute approximate surface area is 182 Å². The minimum atomic E-state index is -0.417. The van der Waals surface area contributed by atoms with Gasteiger partial charge in [0, 0.05) is 51.2 Å². The summed E-state index contributed by atoms with van der Waals surface area (Å²) in [6.07, 6.45) is 7.49. The number of aromatic nitrogens is 1. The van der Waals surface area contributed by atoms with Gasteiger partial charge in [0.1, 0.15) is 5.56 Å². The third-order valence-corrected chi connectivity index (χ3v) is 6.43. The Morgan fingerprint density at radius 2 is 2.00 bits per heavy atom. The fraction of sp³-hybridized carbons (Fsp3) is 0.458. The van der Waals surface area contributed by atoms with Gasteiger partial charge < -0.3 is 20.1 Å². The van der Waals surface area contributed by atoms with Crippen LogP contribution in [0.1, 0.15) is 53.6 Å². The van der Waals surface area contributed by atoms with Crippen LogP contribution in [0.3, 0.4) is 0 Å². The summed E-state index contributed by atoms with van der Waals surface area (Å²) in [5, 5.41) is 2.86. The number of carbonyl (C=O) groups excluding carboxylic acids is 2. The van der Waals surface area contributed by atoms with Gasteiger partial charge >= 0.3 is 0 Å². The Kier molecular flexibility index (Phi) is 6.11. The summed E-state index contributed by atoms with van der Waals surface area (Å²) in [4.78, 5) is 44.8. The second-order valence-electron chi connectivity index (χ2n) is 8.82. The van der Waals surface area contributed by atoms with Crippen LogP contribution in [-0.2, 0) is 17.8 Å².